The van der Waals surface area contributed by atoms with Crippen LogP contribution in [0.5, 0.6) is 0 Å². The summed E-state index contributed by atoms with van der Waals surface area (Å²) in [6.45, 7) is 3.58. The van der Waals surface area contributed by atoms with Crippen LogP contribution in [0.2, 0.25) is 0 Å². The van der Waals surface area contributed by atoms with Gasteiger partial charge in [-0.25, -0.2) is 4.98 Å². The molecule has 0 saturated carbocycles. The average molecular weight is 203 g/mol. The predicted molar refractivity (Wildman–Crippen MR) is 56.5 cm³/mol. The fourth-order valence-corrected chi connectivity index (χ4v) is 1.59. The van der Waals surface area contributed by atoms with Crippen LogP contribution in [0.3, 0.4) is 0 Å². The molecule has 2 rings (SSSR count). The first kappa shape index (κ1) is 9.93. The van der Waals surface area contributed by atoms with Crippen LogP contribution in [0.4, 0.5) is 0 Å². The fraction of sp³-hybridized carbons (Fsp3) is 0.250. The van der Waals surface area contributed by atoms with E-state index in [1.807, 2.05) is 37.3 Å². The van der Waals surface area contributed by atoms with Crippen molar-refractivity contribution >= 4 is 0 Å². The maximum Gasteiger partial charge on any atom is 0.191 e. The summed E-state index contributed by atoms with van der Waals surface area (Å²) in [6, 6.07) is 9.43. The van der Waals surface area contributed by atoms with Gasteiger partial charge in [0.05, 0.1) is 0 Å². The molecule has 78 valence electrons. The summed E-state index contributed by atoms with van der Waals surface area (Å²) < 4.78 is 5.29. The van der Waals surface area contributed by atoms with Crippen molar-refractivity contribution in [2.24, 2.45) is 0 Å². The summed E-state index contributed by atoms with van der Waals surface area (Å²) >= 11 is 0. The maximum absolute atomic E-state index is 10.1. The molecule has 0 fully saturated rings. The number of aryl methyl sites for hydroxylation is 2. The second kappa shape index (κ2) is 3.87. The number of benzene rings is 1. The van der Waals surface area contributed by atoms with Gasteiger partial charge >= 0.3 is 0 Å². The van der Waals surface area contributed by atoms with E-state index in [2.05, 4.69) is 4.98 Å². The molecule has 15 heavy (non-hydrogen) atoms. The van der Waals surface area contributed by atoms with E-state index in [4.69, 9.17) is 4.42 Å². The molecule has 0 amide bonds. The summed E-state index contributed by atoms with van der Waals surface area (Å²) in [6.07, 6.45) is -0.705. The van der Waals surface area contributed by atoms with Gasteiger partial charge in [0.15, 0.2) is 5.89 Å². The molecule has 1 atom stereocenters. The molecule has 1 aromatic heterocycles. The second-order valence-corrected chi connectivity index (χ2v) is 3.49. The van der Waals surface area contributed by atoms with Crippen molar-refractivity contribution in [3.05, 3.63) is 53.2 Å². The minimum Gasteiger partial charge on any atom is -0.446 e. The third-order valence-electron chi connectivity index (χ3n) is 2.31. The molecular formula is C12H13NO2. The molecule has 0 aliphatic heterocycles. The summed E-state index contributed by atoms with van der Waals surface area (Å²) in [7, 11) is 0. The Labute approximate surface area is 88.4 Å². The normalized spacial score (nSPS) is 12.7. The Balaban J connectivity index is 2.36. The van der Waals surface area contributed by atoms with Crippen molar-refractivity contribution in [3.8, 4) is 0 Å². The van der Waals surface area contributed by atoms with Crippen LogP contribution in [-0.2, 0) is 0 Å². The molecule has 3 heteroatoms. The molecule has 0 aliphatic carbocycles. The maximum atomic E-state index is 10.1. The summed E-state index contributed by atoms with van der Waals surface area (Å²) in [5.74, 6) is 1.25. The van der Waals surface area contributed by atoms with E-state index in [1.54, 1.807) is 6.92 Å². The quantitative estimate of drug-likeness (QED) is 0.815. The van der Waals surface area contributed by atoms with E-state index in [9.17, 15) is 5.11 Å². The van der Waals surface area contributed by atoms with Gasteiger partial charge in [0.2, 0.25) is 0 Å². The number of aliphatic hydroxyl groups excluding tert-OH is 1. The van der Waals surface area contributed by atoms with E-state index in [1.165, 1.54) is 0 Å². The Morgan fingerprint density at radius 3 is 2.40 bits per heavy atom. The van der Waals surface area contributed by atoms with Crippen LogP contribution < -0.4 is 0 Å². The van der Waals surface area contributed by atoms with Gasteiger partial charge in [-0.3, -0.25) is 0 Å². The zero-order valence-corrected chi connectivity index (χ0v) is 8.77. The molecule has 0 spiro atoms. The summed E-state index contributed by atoms with van der Waals surface area (Å²) in [5, 5.41) is 10.1. The summed E-state index contributed by atoms with van der Waals surface area (Å²) in [5.41, 5.74) is 1.42. The van der Waals surface area contributed by atoms with Gasteiger partial charge in [0.25, 0.3) is 0 Å². The number of oxazole rings is 1. The highest BCUT2D eigenvalue weighted by Crippen LogP contribution is 2.23. The van der Waals surface area contributed by atoms with Gasteiger partial charge in [0, 0.05) is 6.92 Å². The van der Waals surface area contributed by atoms with Gasteiger partial charge in [-0.05, 0) is 12.5 Å². The molecule has 1 heterocycles. The smallest absolute Gasteiger partial charge is 0.191 e. The predicted octanol–water partition coefficient (Wildman–Crippen LogP) is 2.37. The fourth-order valence-electron chi connectivity index (χ4n) is 1.59. The lowest BCUT2D eigenvalue weighted by atomic mass is 10.1. The van der Waals surface area contributed by atoms with Gasteiger partial charge in [0.1, 0.15) is 17.6 Å². The highest BCUT2D eigenvalue weighted by Gasteiger charge is 2.17. The van der Waals surface area contributed by atoms with Gasteiger partial charge in [-0.15, -0.1) is 0 Å². The lowest BCUT2D eigenvalue weighted by Gasteiger charge is -2.07. The molecule has 0 radical (unpaired) electrons. The zero-order chi connectivity index (χ0) is 10.8. The number of aliphatic hydroxyl groups is 1. The first-order valence-electron chi connectivity index (χ1n) is 4.85. The van der Waals surface area contributed by atoms with Crippen molar-refractivity contribution < 1.29 is 9.52 Å². The van der Waals surface area contributed by atoms with Crippen molar-refractivity contribution in [1.82, 2.24) is 4.98 Å². The number of nitrogens with zero attached hydrogens (tertiary/aromatic N) is 1. The van der Waals surface area contributed by atoms with Gasteiger partial charge < -0.3 is 9.52 Å². The molecule has 0 aliphatic rings. The van der Waals surface area contributed by atoms with E-state index in [-0.39, 0.29) is 0 Å². The zero-order valence-electron chi connectivity index (χ0n) is 8.77. The molecule has 1 unspecified atom stereocenters. The first-order valence-corrected chi connectivity index (χ1v) is 4.85. The molecule has 0 bridgehead atoms. The highest BCUT2D eigenvalue weighted by molar-refractivity contribution is 5.26. The number of hydrogen-bond acceptors (Lipinski definition) is 3. The highest BCUT2D eigenvalue weighted by atomic mass is 16.4. The Morgan fingerprint density at radius 2 is 1.87 bits per heavy atom. The molecule has 1 aromatic carbocycles. The van der Waals surface area contributed by atoms with Crippen molar-refractivity contribution in [3.63, 3.8) is 0 Å². The standard InChI is InChI=1S/C12H13NO2/c1-8-11(13-9(2)15-8)12(14)10-6-4-3-5-7-10/h3-7,12,14H,1-2H3. The van der Waals surface area contributed by atoms with E-state index < -0.39 is 6.10 Å². The number of rotatable bonds is 2. The Hall–Kier alpha value is -1.61. The third kappa shape index (κ3) is 1.92. The monoisotopic (exact) mass is 203 g/mol. The topological polar surface area (TPSA) is 46.3 Å². The largest absolute Gasteiger partial charge is 0.446 e. The molecule has 0 saturated heterocycles. The van der Waals surface area contributed by atoms with Crippen LogP contribution in [0.1, 0.15) is 29.0 Å². The Bertz CT molecular complexity index is 448. The van der Waals surface area contributed by atoms with E-state index >= 15 is 0 Å². The van der Waals surface area contributed by atoms with Crippen LogP contribution in [-0.4, -0.2) is 10.1 Å². The van der Waals surface area contributed by atoms with Gasteiger partial charge in [-0.2, -0.15) is 0 Å². The Morgan fingerprint density at radius 1 is 1.20 bits per heavy atom. The Kier molecular flexibility index (Phi) is 2.56. The van der Waals surface area contributed by atoms with Crippen LogP contribution in [0.15, 0.2) is 34.7 Å². The number of aromatic nitrogens is 1. The number of hydrogen-bond donors (Lipinski definition) is 1. The lowest BCUT2D eigenvalue weighted by Crippen LogP contribution is -2.01. The summed E-state index contributed by atoms with van der Waals surface area (Å²) in [4.78, 5) is 4.17. The molecule has 1 N–H and O–H groups in total. The van der Waals surface area contributed by atoms with Crippen molar-refractivity contribution in [1.29, 1.82) is 0 Å². The second-order valence-electron chi connectivity index (χ2n) is 3.49. The van der Waals surface area contributed by atoms with Crippen molar-refractivity contribution in [2.75, 3.05) is 0 Å². The van der Waals surface area contributed by atoms with E-state index in [0.29, 0.717) is 17.3 Å². The van der Waals surface area contributed by atoms with Crippen LogP contribution >= 0.6 is 0 Å². The van der Waals surface area contributed by atoms with E-state index in [0.717, 1.165) is 5.56 Å². The first-order chi connectivity index (χ1) is 7.18. The third-order valence-corrected chi connectivity index (χ3v) is 2.31. The SMILES string of the molecule is Cc1nc(C(O)c2ccccc2)c(C)o1. The lowest BCUT2D eigenvalue weighted by molar-refractivity contribution is 0.214. The minimum absolute atomic E-state index is 0.581. The van der Waals surface area contributed by atoms with Crippen LogP contribution in [0.25, 0.3) is 0 Å². The molecule has 2 aromatic rings. The van der Waals surface area contributed by atoms with Crippen molar-refractivity contribution in [2.45, 2.75) is 20.0 Å². The van der Waals surface area contributed by atoms with Crippen LogP contribution in [0, 0.1) is 13.8 Å². The minimum atomic E-state index is -0.705. The molecular weight excluding hydrogens is 190 g/mol. The molecule has 3 nitrogen and oxygen atoms in total. The van der Waals surface area contributed by atoms with Gasteiger partial charge in [-0.1, -0.05) is 30.3 Å². The average Bonchev–Trinajstić information content (AvgIpc) is 2.58.